The second kappa shape index (κ2) is 3.53. The molecule has 0 aromatic heterocycles. The Kier molecular flexibility index (Phi) is 2.65. The molecule has 1 heterocycles. The monoisotopic (exact) mass is 170 g/mol. The molecule has 1 saturated heterocycles. The summed E-state index contributed by atoms with van der Waals surface area (Å²) in [6, 6.07) is 0. The number of carbonyl (C=O) groups is 1. The zero-order chi connectivity index (χ0) is 9.14. The van der Waals surface area contributed by atoms with E-state index in [1.807, 2.05) is 7.05 Å². The van der Waals surface area contributed by atoms with E-state index in [1.165, 1.54) is 0 Å². The molecule has 1 unspecified atom stereocenters. The summed E-state index contributed by atoms with van der Waals surface area (Å²) in [4.78, 5) is 16.8. The van der Waals surface area contributed by atoms with Gasteiger partial charge in [-0.15, -0.1) is 0 Å². The average Bonchev–Trinajstić information content (AvgIpc) is 2.34. The van der Waals surface area contributed by atoms with Crippen molar-refractivity contribution >= 4 is 11.9 Å². The van der Waals surface area contributed by atoms with Gasteiger partial charge in [0, 0.05) is 6.54 Å². The largest absolute Gasteiger partial charge is 0.370 e. The van der Waals surface area contributed by atoms with Gasteiger partial charge in [0.25, 0.3) is 5.91 Å². The summed E-state index contributed by atoms with van der Waals surface area (Å²) >= 11 is 0. The third-order valence-electron chi connectivity index (χ3n) is 1.98. The molecule has 0 radical (unpaired) electrons. The van der Waals surface area contributed by atoms with Crippen LogP contribution in [0.3, 0.4) is 0 Å². The summed E-state index contributed by atoms with van der Waals surface area (Å²) in [6.45, 7) is 1.70. The molecule has 1 aliphatic rings. The lowest BCUT2D eigenvalue weighted by Crippen LogP contribution is -2.27. The molecular weight excluding hydrogens is 156 g/mol. The minimum absolute atomic E-state index is 0.0166. The maximum Gasteiger partial charge on any atom is 0.253 e. The fourth-order valence-electron chi connectivity index (χ4n) is 1.36. The minimum atomic E-state index is -0.195. The molecule has 0 aliphatic carbocycles. The number of hydrogen-bond acceptors (Lipinski definition) is 2. The lowest BCUT2D eigenvalue weighted by molar-refractivity contribution is -0.121. The van der Waals surface area contributed by atoms with E-state index in [1.54, 1.807) is 0 Å². The number of nitrogens with two attached hydrogens (primary N) is 2. The van der Waals surface area contributed by atoms with Crippen LogP contribution < -0.4 is 11.5 Å². The van der Waals surface area contributed by atoms with Crippen LogP contribution in [0.2, 0.25) is 0 Å². The number of guanidine groups is 1. The van der Waals surface area contributed by atoms with Gasteiger partial charge in [-0.1, -0.05) is 0 Å². The molecule has 0 spiro atoms. The van der Waals surface area contributed by atoms with Crippen molar-refractivity contribution in [2.24, 2.45) is 22.4 Å². The quantitative estimate of drug-likeness (QED) is 0.380. The van der Waals surface area contributed by atoms with E-state index >= 15 is 0 Å². The van der Waals surface area contributed by atoms with E-state index < -0.39 is 0 Å². The van der Waals surface area contributed by atoms with Gasteiger partial charge in [0.05, 0.1) is 5.92 Å². The van der Waals surface area contributed by atoms with E-state index in [0.717, 1.165) is 19.5 Å². The zero-order valence-electron chi connectivity index (χ0n) is 7.16. The zero-order valence-corrected chi connectivity index (χ0v) is 7.16. The third kappa shape index (κ3) is 2.20. The first kappa shape index (κ1) is 8.99. The van der Waals surface area contributed by atoms with Gasteiger partial charge in [0.1, 0.15) is 0 Å². The molecule has 1 amide bonds. The fourth-order valence-corrected chi connectivity index (χ4v) is 1.36. The van der Waals surface area contributed by atoms with E-state index in [4.69, 9.17) is 11.5 Å². The molecule has 1 rings (SSSR count). The van der Waals surface area contributed by atoms with Gasteiger partial charge in [-0.3, -0.25) is 4.79 Å². The van der Waals surface area contributed by atoms with Crippen molar-refractivity contribution in [2.45, 2.75) is 6.42 Å². The number of likely N-dealkylation sites (tertiary alicyclic amines) is 1. The van der Waals surface area contributed by atoms with Crippen molar-refractivity contribution in [3.8, 4) is 0 Å². The molecule has 4 N–H and O–H groups in total. The maximum absolute atomic E-state index is 11.2. The van der Waals surface area contributed by atoms with Crippen LogP contribution in [0.1, 0.15) is 6.42 Å². The Balaban J connectivity index is 2.49. The van der Waals surface area contributed by atoms with Crippen molar-refractivity contribution in [3.63, 3.8) is 0 Å². The Morgan fingerprint density at radius 2 is 2.25 bits per heavy atom. The number of carbonyl (C=O) groups excluding carboxylic acids is 1. The van der Waals surface area contributed by atoms with E-state index in [0.29, 0.717) is 0 Å². The van der Waals surface area contributed by atoms with Crippen LogP contribution in [0.25, 0.3) is 0 Å². The van der Waals surface area contributed by atoms with Crippen molar-refractivity contribution < 1.29 is 4.79 Å². The summed E-state index contributed by atoms with van der Waals surface area (Å²) in [5.74, 6) is -0.356. The highest BCUT2D eigenvalue weighted by atomic mass is 16.1. The Bertz CT molecular complexity index is 209. The predicted octanol–water partition coefficient (Wildman–Crippen LogP) is -1.26. The van der Waals surface area contributed by atoms with Crippen molar-refractivity contribution in [1.29, 1.82) is 0 Å². The first-order valence-electron chi connectivity index (χ1n) is 3.91. The van der Waals surface area contributed by atoms with Gasteiger partial charge in [-0.25, -0.2) is 0 Å². The number of rotatable bonds is 1. The van der Waals surface area contributed by atoms with Gasteiger partial charge >= 0.3 is 0 Å². The molecule has 68 valence electrons. The molecule has 5 heteroatoms. The second-order valence-corrected chi connectivity index (χ2v) is 3.12. The number of amides is 1. The lowest BCUT2D eigenvalue weighted by Gasteiger charge is -2.05. The predicted molar refractivity (Wildman–Crippen MR) is 46.4 cm³/mol. The van der Waals surface area contributed by atoms with Gasteiger partial charge in [0.15, 0.2) is 5.96 Å². The Hall–Kier alpha value is -1.10. The standard InChI is InChI=1S/C7H14N4O/c1-11-3-2-5(4-11)6(12)10-7(8)9/h5H,2-4H2,1H3,(H4,8,9,10,12). The molecule has 5 nitrogen and oxygen atoms in total. The van der Waals surface area contributed by atoms with E-state index in [-0.39, 0.29) is 17.8 Å². The van der Waals surface area contributed by atoms with Crippen LogP contribution in [0, 0.1) is 5.92 Å². The first-order valence-corrected chi connectivity index (χ1v) is 3.91. The molecular formula is C7H14N4O. The van der Waals surface area contributed by atoms with E-state index in [9.17, 15) is 4.79 Å². The van der Waals surface area contributed by atoms with Crippen molar-refractivity contribution in [3.05, 3.63) is 0 Å². The van der Waals surface area contributed by atoms with Crippen LogP contribution in [0.5, 0.6) is 0 Å². The number of aliphatic imine (C=N–C) groups is 1. The molecule has 0 bridgehead atoms. The molecule has 1 fully saturated rings. The third-order valence-corrected chi connectivity index (χ3v) is 1.98. The molecule has 12 heavy (non-hydrogen) atoms. The molecule has 0 aromatic carbocycles. The summed E-state index contributed by atoms with van der Waals surface area (Å²) in [7, 11) is 1.97. The molecule has 1 atom stereocenters. The van der Waals surface area contributed by atoms with Gasteiger partial charge < -0.3 is 16.4 Å². The second-order valence-electron chi connectivity index (χ2n) is 3.12. The topological polar surface area (TPSA) is 84.7 Å². The number of nitrogens with zero attached hydrogens (tertiary/aromatic N) is 2. The van der Waals surface area contributed by atoms with Crippen LogP contribution in [-0.4, -0.2) is 36.9 Å². The summed E-state index contributed by atoms with van der Waals surface area (Å²) in [6.07, 6.45) is 0.853. The van der Waals surface area contributed by atoms with Gasteiger partial charge in [-0.05, 0) is 20.0 Å². The molecule has 0 aromatic rings. The SMILES string of the molecule is CN1CCC(C(=O)N=C(N)N)C1. The van der Waals surface area contributed by atoms with Crippen LogP contribution >= 0.6 is 0 Å². The fraction of sp³-hybridized carbons (Fsp3) is 0.714. The molecule has 1 aliphatic heterocycles. The lowest BCUT2D eigenvalue weighted by atomic mass is 10.1. The van der Waals surface area contributed by atoms with E-state index in [2.05, 4.69) is 9.89 Å². The van der Waals surface area contributed by atoms with Crippen molar-refractivity contribution in [1.82, 2.24) is 4.90 Å². The maximum atomic E-state index is 11.2. The van der Waals surface area contributed by atoms with Crippen LogP contribution in [0.4, 0.5) is 0 Å². The highest BCUT2D eigenvalue weighted by molar-refractivity contribution is 5.92. The smallest absolute Gasteiger partial charge is 0.253 e. The number of hydrogen-bond donors (Lipinski definition) is 2. The summed E-state index contributed by atoms with van der Waals surface area (Å²) < 4.78 is 0. The Morgan fingerprint density at radius 3 is 2.67 bits per heavy atom. The normalized spacial score (nSPS) is 23.9. The average molecular weight is 170 g/mol. The highest BCUT2D eigenvalue weighted by Gasteiger charge is 2.25. The summed E-state index contributed by atoms with van der Waals surface area (Å²) in [5.41, 5.74) is 10.2. The van der Waals surface area contributed by atoms with Gasteiger partial charge in [-0.2, -0.15) is 4.99 Å². The molecule has 0 saturated carbocycles. The van der Waals surface area contributed by atoms with Crippen LogP contribution in [-0.2, 0) is 4.79 Å². The first-order chi connectivity index (χ1) is 5.59. The Labute approximate surface area is 71.4 Å². The Morgan fingerprint density at radius 1 is 1.58 bits per heavy atom. The van der Waals surface area contributed by atoms with Crippen LogP contribution in [0.15, 0.2) is 4.99 Å². The van der Waals surface area contributed by atoms with Crippen molar-refractivity contribution in [2.75, 3.05) is 20.1 Å². The summed E-state index contributed by atoms with van der Waals surface area (Å²) in [5, 5.41) is 0. The van der Waals surface area contributed by atoms with Gasteiger partial charge in [0.2, 0.25) is 0 Å². The minimum Gasteiger partial charge on any atom is -0.370 e. The highest BCUT2D eigenvalue weighted by Crippen LogP contribution is 2.15.